The van der Waals surface area contributed by atoms with Gasteiger partial charge in [0.1, 0.15) is 11.5 Å². The number of para-hydroxylation sites is 7. The molecular weight excluding hydrogens is 849 g/mol. The number of aromatic nitrogens is 1. The van der Waals surface area contributed by atoms with Gasteiger partial charge in [0.2, 0.25) is 0 Å². The number of hydrogen-bond donors (Lipinski definition) is 0. The summed E-state index contributed by atoms with van der Waals surface area (Å²) >= 11 is 0. The van der Waals surface area contributed by atoms with E-state index in [1.54, 1.807) is 0 Å². The first-order valence-corrected chi connectivity index (χ1v) is 24.1. The van der Waals surface area contributed by atoms with Crippen LogP contribution in [0.5, 0.6) is 11.5 Å². The van der Waals surface area contributed by atoms with Crippen molar-refractivity contribution in [1.29, 1.82) is 0 Å². The van der Waals surface area contributed by atoms with Crippen LogP contribution in [0.3, 0.4) is 0 Å². The second kappa shape index (κ2) is 16.0. The summed E-state index contributed by atoms with van der Waals surface area (Å²) in [5, 5.41) is 2.45. The molecule has 0 amide bonds. The number of hydrogen-bond acceptors (Lipinski definition) is 2. The fourth-order valence-corrected chi connectivity index (χ4v) is 11.9. The van der Waals surface area contributed by atoms with Gasteiger partial charge in [-0.15, -0.1) is 0 Å². The van der Waals surface area contributed by atoms with Gasteiger partial charge in [0, 0.05) is 33.2 Å². The molecule has 12 aromatic rings. The molecule has 3 heteroatoms. The molecule has 2 aliphatic rings. The predicted molar refractivity (Wildman–Crippen MR) is 289 cm³/mol. The lowest BCUT2D eigenvalue weighted by Crippen LogP contribution is -2.32. The van der Waals surface area contributed by atoms with Crippen molar-refractivity contribution in [2.45, 2.75) is 5.41 Å². The summed E-state index contributed by atoms with van der Waals surface area (Å²) in [6.45, 7) is 0. The Morgan fingerprint density at radius 2 is 0.771 bits per heavy atom. The largest absolute Gasteiger partial charge is 0.457 e. The minimum atomic E-state index is -0.579. The molecule has 3 nitrogen and oxygen atoms in total. The van der Waals surface area contributed by atoms with E-state index in [0.29, 0.717) is 0 Å². The van der Waals surface area contributed by atoms with Crippen LogP contribution < -0.4 is 9.64 Å². The van der Waals surface area contributed by atoms with E-state index in [2.05, 4.69) is 276 Å². The van der Waals surface area contributed by atoms with Crippen LogP contribution in [-0.4, -0.2) is 4.57 Å². The summed E-state index contributed by atoms with van der Waals surface area (Å²) < 4.78 is 9.15. The molecule has 1 aromatic heterocycles. The molecule has 14 rings (SSSR count). The average molecular weight is 893 g/mol. The summed E-state index contributed by atoms with van der Waals surface area (Å²) in [6, 6.07) is 97.3. The van der Waals surface area contributed by atoms with Gasteiger partial charge in [-0.25, -0.2) is 0 Å². The van der Waals surface area contributed by atoms with Gasteiger partial charge in [0.05, 0.1) is 33.5 Å². The molecular formula is C67H44N2O. The lowest BCUT2D eigenvalue weighted by molar-refractivity contribution is 0.436. The van der Waals surface area contributed by atoms with E-state index in [1.165, 1.54) is 55.3 Å². The third-order valence-electron chi connectivity index (χ3n) is 14.7. The summed E-state index contributed by atoms with van der Waals surface area (Å²) in [6.07, 6.45) is 0. The lowest BCUT2D eigenvalue weighted by Gasteiger charge is -2.39. The standard InChI is InChI=1S/C67H44N2O/c1-2-22-45(23-3-1)47-24-4-5-25-48(47)49-26-6-7-27-50(49)52-29-9-15-35-60(52)68(63-38-18-19-39-64(63)69-61-36-16-10-30-53(61)54-31-11-17-37-62(54)69)46-42-43-57-55(44-46)51-28-8-12-32-56(51)67(57)58-33-13-20-40-65(58)70-66-41-21-14-34-59(66)67/h1-44H. The third-order valence-corrected chi connectivity index (χ3v) is 14.7. The highest BCUT2D eigenvalue weighted by molar-refractivity contribution is 6.10. The van der Waals surface area contributed by atoms with Crippen molar-refractivity contribution in [2.24, 2.45) is 0 Å². The lowest BCUT2D eigenvalue weighted by atomic mass is 9.66. The smallest absolute Gasteiger partial charge is 0.132 e. The van der Waals surface area contributed by atoms with Crippen LogP contribution >= 0.6 is 0 Å². The van der Waals surface area contributed by atoms with E-state index in [4.69, 9.17) is 4.74 Å². The molecule has 0 N–H and O–H groups in total. The van der Waals surface area contributed by atoms with Gasteiger partial charge in [-0.05, 0) is 105 Å². The van der Waals surface area contributed by atoms with E-state index >= 15 is 0 Å². The normalized spacial score (nSPS) is 12.8. The quantitative estimate of drug-likeness (QED) is 0.159. The topological polar surface area (TPSA) is 17.4 Å². The molecule has 0 fully saturated rings. The minimum Gasteiger partial charge on any atom is -0.457 e. The molecule has 0 bridgehead atoms. The number of benzene rings is 11. The highest BCUT2D eigenvalue weighted by atomic mass is 16.5. The molecule has 0 atom stereocenters. The number of anilines is 3. The first kappa shape index (κ1) is 39.9. The van der Waals surface area contributed by atoms with E-state index < -0.39 is 5.41 Å². The van der Waals surface area contributed by atoms with Crippen LogP contribution in [0.25, 0.3) is 72.0 Å². The van der Waals surface area contributed by atoms with Crippen molar-refractivity contribution in [2.75, 3.05) is 4.90 Å². The Hall–Kier alpha value is -9.18. The first-order chi connectivity index (χ1) is 34.8. The molecule has 0 saturated heterocycles. The van der Waals surface area contributed by atoms with Crippen molar-refractivity contribution < 1.29 is 4.74 Å². The maximum Gasteiger partial charge on any atom is 0.132 e. The van der Waals surface area contributed by atoms with Crippen molar-refractivity contribution in [3.63, 3.8) is 0 Å². The van der Waals surface area contributed by atoms with E-state index in [-0.39, 0.29) is 0 Å². The fraction of sp³-hybridized carbons (Fsp3) is 0.0149. The second-order valence-corrected chi connectivity index (χ2v) is 18.3. The number of nitrogens with zero attached hydrogens (tertiary/aromatic N) is 2. The average Bonchev–Trinajstić information content (AvgIpc) is 3.92. The Balaban J connectivity index is 1.05. The Kier molecular flexibility index (Phi) is 9.11. The van der Waals surface area contributed by atoms with E-state index in [9.17, 15) is 0 Å². The van der Waals surface area contributed by atoms with Crippen molar-refractivity contribution in [3.8, 4) is 61.7 Å². The Bertz CT molecular complexity index is 3910. The predicted octanol–water partition coefficient (Wildman–Crippen LogP) is 17.7. The number of fused-ring (bicyclic) bond motifs is 12. The van der Waals surface area contributed by atoms with Gasteiger partial charge >= 0.3 is 0 Å². The Labute approximate surface area is 407 Å². The highest BCUT2D eigenvalue weighted by Crippen LogP contribution is 2.63. The summed E-state index contributed by atoms with van der Waals surface area (Å²) in [5.41, 5.74) is 20.3. The fourth-order valence-electron chi connectivity index (χ4n) is 11.9. The molecule has 2 heterocycles. The Morgan fingerprint density at radius 3 is 1.44 bits per heavy atom. The number of rotatable bonds is 7. The molecule has 328 valence electrons. The van der Waals surface area contributed by atoms with Crippen LogP contribution in [0.15, 0.2) is 267 Å². The molecule has 1 aliphatic heterocycles. The zero-order valence-electron chi connectivity index (χ0n) is 38.2. The van der Waals surface area contributed by atoms with Crippen LogP contribution in [0, 0.1) is 0 Å². The zero-order chi connectivity index (χ0) is 46.2. The van der Waals surface area contributed by atoms with E-state index in [1.807, 2.05) is 0 Å². The molecule has 0 radical (unpaired) electrons. The molecule has 0 saturated carbocycles. The first-order valence-electron chi connectivity index (χ1n) is 24.1. The maximum atomic E-state index is 6.70. The highest BCUT2D eigenvalue weighted by Gasteiger charge is 2.51. The summed E-state index contributed by atoms with van der Waals surface area (Å²) in [7, 11) is 0. The van der Waals surface area contributed by atoms with Crippen LogP contribution in [0.4, 0.5) is 17.1 Å². The third kappa shape index (κ3) is 5.88. The van der Waals surface area contributed by atoms with Crippen molar-refractivity contribution >= 4 is 38.9 Å². The monoisotopic (exact) mass is 892 g/mol. The second-order valence-electron chi connectivity index (χ2n) is 18.3. The number of ether oxygens (including phenoxy) is 1. The molecule has 70 heavy (non-hydrogen) atoms. The van der Waals surface area contributed by atoms with Gasteiger partial charge in [0.15, 0.2) is 0 Å². The van der Waals surface area contributed by atoms with Crippen LogP contribution in [-0.2, 0) is 5.41 Å². The van der Waals surface area contributed by atoms with Gasteiger partial charge in [-0.3, -0.25) is 0 Å². The van der Waals surface area contributed by atoms with Gasteiger partial charge in [0.25, 0.3) is 0 Å². The van der Waals surface area contributed by atoms with Gasteiger partial charge in [-0.2, -0.15) is 0 Å². The van der Waals surface area contributed by atoms with E-state index in [0.717, 1.165) is 67.5 Å². The molecule has 0 unspecified atom stereocenters. The zero-order valence-corrected chi connectivity index (χ0v) is 38.2. The maximum absolute atomic E-state index is 6.70. The summed E-state index contributed by atoms with van der Waals surface area (Å²) in [4.78, 5) is 2.51. The van der Waals surface area contributed by atoms with Crippen molar-refractivity contribution in [3.05, 3.63) is 289 Å². The van der Waals surface area contributed by atoms with Crippen LogP contribution in [0.2, 0.25) is 0 Å². The van der Waals surface area contributed by atoms with Crippen LogP contribution in [0.1, 0.15) is 22.3 Å². The van der Waals surface area contributed by atoms with Gasteiger partial charge < -0.3 is 14.2 Å². The molecule has 1 spiro atoms. The van der Waals surface area contributed by atoms with Gasteiger partial charge in [-0.1, -0.05) is 212 Å². The molecule has 11 aromatic carbocycles. The van der Waals surface area contributed by atoms with Crippen molar-refractivity contribution in [1.82, 2.24) is 4.57 Å². The summed E-state index contributed by atoms with van der Waals surface area (Å²) in [5.74, 6) is 1.77. The minimum absolute atomic E-state index is 0.579. The Morgan fingerprint density at radius 1 is 0.314 bits per heavy atom. The molecule has 1 aliphatic carbocycles. The SMILES string of the molecule is c1ccc(-c2ccccc2-c2ccccc2-c2ccccc2N(c2ccc3c(c2)-c2ccccc2C32c3ccccc3Oc3ccccc32)c2ccccc2-n2c3ccccc3c3ccccc32)cc1.